The van der Waals surface area contributed by atoms with Gasteiger partial charge >= 0.3 is 5.97 Å². The Kier molecular flexibility index (Phi) is 6.82. The van der Waals surface area contributed by atoms with Crippen molar-refractivity contribution in [2.45, 2.75) is 19.4 Å². The van der Waals surface area contributed by atoms with Crippen molar-refractivity contribution in [3.05, 3.63) is 52.5 Å². The highest BCUT2D eigenvalue weighted by Gasteiger charge is 2.17. The average molecular weight is 420 g/mol. The number of carbonyl (C=O) groups is 2. The smallest absolute Gasteiger partial charge is 0.310 e. The van der Waals surface area contributed by atoms with E-state index in [-0.39, 0.29) is 19.1 Å². The standard InChI is InChI=1S/C21H22ClNO6/c1-13(14-3-5-18-19(10-14)28-8-7-27-18)23-20(24)12-29-21(25)11-15-9-16(22)4-6-17(15)26-2/h3-6,9-10,13H,7-8,11-12H2,1-2H3,(H,23,24)/t13-/m1/s1. The molecule has 1 amide bonds. The van der Waals surface area contributed by atoms with E-state index in [4.69, 9.17) is 30.5 Å². The van der Waals surface area contributed by atoms with E-state index < -0.39 is 11.9 Å². The van der Waals surface area contributed by atoms with Crippen LogP contribution in [0.25, 0.3) is 0 Å². The third-order valence-corrected chi connectivity index (χ3v) is 4.62. The van der Waals surface area contributed by atoms with E-state index in [9.17, 15) is 9.59 Å². The van der Waals surface area contributed by atoms with E-state index in [1.54, 1.807) is 18.2 Å². The van der Waals surface area contributed by atoms with Crippen LogP contribution in [0.3, 0.4) is 0 Å². The Labute approximate surface area is 173 Å². The quantitative estimate of drug-likeness (QED) is 0.694. The van der Waals surface area contributed by atoms with Crippen molar-refractivity contribution < 1.29 is 28.5 Å². The van der Waals surface area contributed by atoms with Gasteiger partial charge in [-0.15, -0.1) is 0 Å². The number of benzene rings is 2. The Morgan fingerprint density at radius 3 is 2.66 bits per heavy atom. The predicted octanol–water partition coefficient (Wildman–Crippen LogP) is 3.08. The molecule has 7 nitrogen and oxygen atoms in total. The van der Waals surface area contributed by atoms with Crippen LogP contribution >= 0.6 is 11.6 Å². The Morgan fingerprint density at radius 1 is 1.14 bits per heavy atom. The van der Waals surface area contributed by atoms with Crippen molar-refractivity contribution in [1.82, 2.24) is 5.32 Å². The molecule has 29 heavy (non-hydrogen) atoms. The zero-order chi connectivity index (χ0) is 20.8. The maximum absolute atomic E-state index is 12.2. The molecule has 2 aromatic rings. The lowest BCUT2D eigenvalue weighted by atomic mass is 10.1. The van der Waals surface area contributed by atoms with E-state index in [1.807, 2.05) is 25.1 Å². The number of ether oxygens (including phenoxy) is 4. The lowest BCUT2D eigenvalue weighted by Gasteiger charge is -2.21. The van der Waals surface area contributed by atoms with Gasteiger partial charge < -0.3 is 24.3 Å². The number of hydrogen-bond donors (Lipinski definition) is 1. The van der Waals surface area contributed by atoms with Gasteiger partial charge in [0, 0.05) is 10.6 Å². The van der Waals surface area contributed by atoms with Gasteiger partial charge in [-0.2, -0.15) is 0 Å². The molecular weight excluding hydrogens is 398 g/mol. The molecular formula is C21H22ClNO6. The number of methoxy groups -OCH3 is 1. The van der Waals surface area contributed by atoms with Crippen LogP contribution in [0.5, 0.6) is 17.2 Å². The van der Waals surface area contributed by atoms with E-state index in [0.29, 0.717) is 41.0 Å². The van der Waals surface area contributed by atoms with Gasteiger partial charge in [-0.05, 0) is 42.8 Å². The van der Waals surface area contributed by atoms with Gasteiger partial charge in [0.15, 0.2) is 18.1 Å². The van der Waals surface area contributed by atoms with Crippen LogP contribution in [0.4, 0.5) is 0 Å². The minimum atomic E-state index is -0.548. The Balaban J connectivity index is 1.50. The van der Waals surface area contributed by atoms with Gasteiger partial charge in [0.2, 0.25) is 0 Å². The molecule has 154 valence electrons. The van der Waals surface area contributed by atoms with E-state index in [0.717, 1.165) is 5.56 Å². The minimum Gasteiger partial charge on any atom is -0.496 e. The summed E-state index contributed by atoms with van der Waals surface area (Å²) < 4.78 is 21.3. The molecule has 0 saturated carbocycles. The number of fused-ring (bicyclic) bond motifs is 1. The molecule has 1 atom stereocenters. The average Bonchev–Trinajstić information content (AvgIpc) is 2.72. The number of esters is 1. The SMILES string of the molecule is COc1ccc(Cl)cc1CC(=O)OCC(=O)N[C@H](C)c1ccc2c(c1)OCCO2. The van der Waals surface area contributed by atoms with Gasteiger partial charge in [-0.25, -0.2) is 0 Å². The van der Waals surface area contributed by atoms with Gasteiger partial charge in [-0.3, -0.25) is 9.59 Å². The molecule has 0 bridgehead atoms. The molecule has 1 N–H and O–H groups in total. The summed E-state index contributed by atoms with van der Waals surface area (Å²) in [6.45, 7) is 2.47. The summed E-state index contributed by atoms with van der Waals surface area (Å²) in [5.74, 6) is 0.912. The number of amides is 1. The van der Waals surface area contributed by atoms with Gasteiger partial charge in [0.1, 0.15) is 19.0 Å². The number of hydrogen-bond acceptors (Lipinski definition) is 6. The molecule has 0 aliphatic carbocycles. The largest absolute Gasteiger partial charge is 0.496 e. The summed E-state index contributed by atoms with van der Waals surface area (Å²) in [5.41, 5.74) is 1.45. The fraction of sp³-hybridized carbons (Fsp3) is 0.333. The van der Waals surface area contributed by atoms with E-state index >= 15 is 0 Å². The Hall–Kier alpha value is -2.93. The van der Waals surface area contributed by atoms with Crippen molar-refractivity contribution in [1.29, 1.82) is 0 Å². The van der Waals surface area contributed by atoms with Crippen molar-refractivity contribution in [3.63, 3.8) is 0 Å². The second-order valence-electron chi connectivity index (χ2n) is 6.49. The van der Waals surface area contributed by atoms with Crippen LogP contribution in [0.2, 0.25) is 5.02 Å². The van der Waals surface area contributed by atoms with Gasteiger partial charge in [-0.1, -0.05) is 17.7 Å². The molecule has 0 fully saturated rings. The molecule has 0 radical (unpaired) electrons. The first-order chi connectivity index (χ1) is 14.0. The maximum atomic E-state index is 12.2. The Morgan fingerprint density at radius 2 is 1.90 bits per heavy atom. The lowest BCUT2D eigenvalue weighted by Crippen LogP contribution is -2.31. The molecule has 0 spiro atoms. The first-order valence-corrected chi connectivity index (χ1v) is 9.51. The summed E-state index contributed by atoms with van der Waals surface area (Å²) in [5, 5.41) is 3.28. The Bertz CT molecular complexity index is 901. The molecule has 0 unspecified atom stereocenters. The minimum absolute atomic E-state index is 0.0469. The topological polar surface area (TPSA) is 83.1 Å². The van der Waals surface area contributed by atoms with Crippen LogP contribution in [0.15, 0.2) is 36.4 Å². The summed E-state index contributed by atoms with van der Waals surface area (Å²) in [6.07, 6.45) is -0.0469. The number of nitrogens with one attached hydrogen (secondary N) is 1. The molecule has 8 heteroatoms. The lowest BCUT2D eigenvalue weighted by molar-refractivity contribution is -0.148. The third-order valence-electron chi connectivity index (χ3n) is 4.39. The fourth-order valence-corrected chi connectivity index (χ4v) is 3.13. The monoisotopic (exact) mass is 419 g/mol. The molecule has 1 aliphatic heterocycles. The van der Waals surface area contributed by atoms with E-state index in [2.05, 4.69) is 5.32 Å². The number of carbonyl (C=O) groups excluding carboxylic acids is 2. The van der Waals surface area contributed by atoms with E-state index in [1.165, 1.54) is 7.11 Å². The predicted molar refractivity (Wildman–Crippen MR) is 107 cm³/mol. The maximum Gasteiger partial charge on any atom is 0.310 e. The highest BCUT2D eigenvalue weighted by molar-refractivity contribution is 6.30. The third kappa shape index (κ3) is 5.54. The molecule has 3 rings (SSSR count). The normalized spacial score (nSPS) is 13.3. The summed E-state index contributed by atoms with van der Waals surface area (Å²) in [4.78, 5) is 24.2. The second-order valence-corrected chi connectivity index (χ2v) is 6.92. The van der Waals surface area contributed by atoms with Crippen molar-refractivity contribution in [2.75, 3.05) is 26.9 Å². The summed E-state index contributed by atoms with van der Waals surface area (Å²) in [6, 6.07) is 10.2. The van der Waals surface area contributed by atoms with Crippen molar-refractivity contribution in [3.8, 4) is 17.2 Å². The molecule has 0 aromatic heterocycles. The summed E-state index contributed by atoms with van der Waals surface area (Å²) in [7, 11) is 1.50. The van der Waals surface area contributed by atoms with Crippen LogP contribution in [-0.2, 0) is 20.7 Å². The van der Waals surface area contributed by atoms with Crippen molar-refractivity contribution in [2.24, 2.45) is 0 Å². The van der Waals surface area contributed by atoms with Gasteiger partial charge in [0.05, 0.1) is 19.6 Å². The number of rotatable bonds is 7. The highest BCUT2D eigenvalue weighted by atomic mass is 35.5. The zero-order valence-corrected chi connectivity index (χ0v) is 17.0. The molecule has 1 heterocycles. The number of halogens is 1. The van der Waals surface area contributed by atoms with Crippen molar-refractivity contribution >= 4 is 23.5 Å². The van der Waals surface area contributed by atoms with Gasteiger partial charge in [0.25, 0.3) is 5.91 Å². The first-order valence-electron chi connectivity index (χ1n) is 9.13. The molecule has 1 aliphatic rings. The van der Waals surface area contributed by atoms with Crippen LogP contribution in [-0.4, -0.2) is 38.8 Å². The fourth-order valence-electron chi connectivity index (χ4n) is 2.93. The van der Waals surface area contributed by atoms with Crippen LogP contribution in [0.1, 0.15) is 24.1 Å². The highest BCUT2D eigenvalue weighted by Crippen LogP contribution is 2.32. The second kappa shape index (κ2) is 9.52. The first kappa shape index (κ1) is 20.8. The summed E-state index contributed by atoms with van der Waals surface area (Å²) >= 11 is 5.96. The van der Waals surface area contributed by atoms with Crippen LogP contribution in [0, 0.1) is 0 Å². The van der Waals surface area contributed by atoms with Crippen LogP contribution < -0.4 is 19.5 Å². The molecule has 2 aromatic carbocycles. The molecule has 0 saturated heterocycles. The zero-order valence-electron chi connectivity index (χ0n) is 16.2.